The third-order valence-corrected chi connectivity index (χ3v) is 5.24. The van der Waals surface area contributed by atoms with Gasteiger partial charge < -0.3 is 5.32 Å². The van der Waals surface area contributed by atoms with Crippen LogP contribution >= 0.6 is 15.9 Å². The van der Waals surface area contributed by atoms with Crippen molar-refractivity contribution in [2.24, 2.45) is 5.92 Å². The van der Waals surface area contributed by atoms with Crippen LogP contribution in [0.1, 0.15) is 52.9 Å². The Hall–Kier alpha value is -0.840. The molecule has 0 atom stereocenters. The fourth-order valence-corrected chi connectivity index (χ4v) is 2.72. The first-order chi connectivity index (χ1) is 9.49. The maximum Gasteiger partial charge on any atom is 0.291 e. The second-order valence-electron chi connectivity index (χ2n) is 6.04. The highest BCUT2D eigenvalue weighted by Crippen LogP contribution is 2.28. The summed E-state index contributed by atoms with van der Waals surface area (Å²) in [6.45, 7) is 7.17. The van der Waals surface area contributed by atoms with Crippen LogP contribution in [0.5, 0.6) is 0 Å². The lowest BCUT2D eigenvalue weighted by atomic mass is 9.85. The van der Waals surface area contributed by atoms with Crippen LogP contribution in [0.2, 0.25) is 0 Å². The molecule has 1 aromatic rings. The molecular formula is C15H24BrN3O. The maximum atomic E-state index is 12.6. The number of halogens is 1. The van der Waals surface area contributed by atoms with Crippen LogP contribution in [0.25, 0.3) is 0 Å². The molecule has 1 fully saturated rings. The Morgan fingerprint density at radius 1 is 1.45 bits per heavy atom. The van der Waals surface area contributed by atoms with E-state index in [1.807, 2.05) is 0 Å². The summed E-state index contributed by atoms with van der Waals surface area (Å²) in [7, 11) is 0. The molecular weight excluding hydrogens is 318 g/mol. The van der Waals surface area contributed by atoms with E-state index in [1.165, 1.54) is 19.3 Å². The molecule has 2 rings (SSSR count). The van der Waals surface area contributed by atoms with Gasteiger partial charge in [-0.2, -0.15) is 5.10 Å². The molecule has 1 aromatic heterocycles. The lowest BCUT2D eigenvalue weighted by molar-refractivity contribution is 0.261. The molecule has 0 saturated heterocycles. The Morgan fingerprint density at radius 3 is 2.60 bits per heavy atom. The zero-order valence-corrected chi connectivity index (χ0v) is 14.2. The van der Waals surface area contributed by atoms with Gasteiger partial charge in [-0.3, -0.25) is 4.79 Å². The quantitative estimate of drug-likeness (QED) is 0.855. The van der Waals surface area contributed by atoms with Crippen LogP contribution in [0, 0.1) is 5.92 Å². The molecule has 0 bridgehead atoms. The molecule has 1 saturated carbocycles. The summed E-state index contributed by atoms with van der Waals surface area (Å²) in [6, 6.07) is 0. The molecule has 0 aliphatic heterocycles. The van der Waals surface area contributed by atoms with Crippen LogP contribution in [0.3, 0.4) is 0 Å². The molecule has 20 heavy (non-hydrogen) atoms. The largest absolute Gasteiger partial charge is 0.374 e. The number of anilines is 1. The van der Waals surface area contributed by atoms with Gasteiger partial charge in [-0.05, 0) is 54.5 Å². The van der Waals surface area contributed by atoms with Gasteiger partial charge in [-0.15, -0.1) is 0 Å². The number of aromatic nitrogens is 2. The third kappa shape index (κ3) is 3.25. The van der Waals surface area contributed by atoms with E-state index < -0.39 is 0 Å². The minimum absolute atomic E-state index is 0.0144. The van der Waals surface area contributed by atoms with E-state index >= 15 is 0 Å². The summed E-state index contributed by atoms with van der Waals surface area (Å²) < 4.78 is 2.36. The Morgan fingerprint density at radius 2 is 2.10 bits per heavy atom. The molecule has 0 unspecified atom stereocenters. The van der Waals surface area contributed by atoms with Crippen molar-refractivity contribution < 1.29 is 0 Å². The van der Waals surface area contributed by atoms with Gasteiger partial charge in [0.15, 0.2) is 0 Å². The lowest BCUT2D eigenvalue weighted by Gasteiger charge is -2.30. The molecule has 0 spiro atoms. The number of hydrogen-bond acceptors (Lipinski definition) is 3. The average molecular weight is 342 g/mol. The summed E-state index contributed by atoms with van der Waals surface area (Å²) in [5, 5.41) is 7.68. The van der Waals surface area contributed by atoms with E-state index in [1.54, 1.807) is 10.9 Å². The summed E-state index contributed by atoms with van der Waals surface area (Å²) in [4.78, 5) is 12.6. The van der Waals surface area contributed by atoms with Gasteiger partial charge in [0.2, 0.25) is 0 Å². The van der Waals surface area contributed by atoms with E-state index in [4.69, 9.17) is 0 Å². The third-order valence-electron chi connectivity index (χ3n) is 4.64. The molecule has 5 heteroatoms. The van der Waals surface area contributed by atoms with Crippen molar-refractivity contribution in [2.75, 3.05) is 5.32 Å². The van der Waals surface area contributed by atoms with Crippen molar-refractivity contribution in [2.45, 2.75) is 65.0 Å². The van der Waals surface area contributed by atoms with Gasteiger partial charge in [-0.25, -0.2) is 4.68 Å². The van der Waals surface area contributed by atoms with Gasteiger partial charge in [0.25, 0.3) is 5.56 Å². The van der Waals surface area contributed by atoms with Crippen molar-refractivity contribution in [3.63, 3.8) is 0 Å². The highest BCUT2D eigenvalue weighted by molar-refractivity contribution is 9.10. The van der Waals surface area contributed by atoms with E-state index in [0.29, 0.717) is 11.6 Å². The van der Waals surface area contributed by atoms with Gasteiger partial charge in [0, 0.05) is 12.1 Å². The zero-order chi connectivity index (χ0) is 14.8. The molecule has 112 valence electrons. The standard InChI is InChI=1S/C15H24BrN3O/c1-4-15(3,5-2)18-13-12(16)9-17-19(14(13)20)10-11-7-6-8-11/h9,11,18H,4-8,10H2,1-3H3. The first-order valence-corrected chi connectivity index (χ1v) is 8.32. The molecule has 1 aliphatic rings. The number of nitrogens with one attached hydrogen (secondary N) is 1. The highest BCUT2D eigenvalue weighted by Gasteiger charge is 2.24. The minimum Gasteiger partial charge on any atom is -0.374 e. The second kappa shape index (κ2) is 6.29. The van der Waals surface area contributed by atoms with Crippen molar-refractivity contribution >= 4 is 21.6 Å². The molecule has 1 N–H and O–H groups in total. The Bertz CT molecular complexity index is 518. The van der Waals surface area contributed by atoms with E-state index in [2.05, 4.69) is 47.1 Å². The Kier molecular flexibility index (Phi) is 4.89. The van der Waals surface area contributed by atoms with Crippen molar-refractivity contribution in [1.29, 1.82) is 0 Å². The monoisotopic (exact) mass is 341 g/mol. The Labute approximate surface area is 129 Å². The second-order valence-corrected chi connectivity index (χ2v) is 6.90. The SMILES string of the molecule is CCC(C)(CC)Nc1c(Br)cnn(CC2CCC2)c1=O. The molecule has 4 nitrogen and oxygen atoms in total. The summed E-state index contributed by atoms with van der Waals surface area (Å²) in [5.74, 6) is 0.623. The zero-order valence-electron chi connectivity index (χ0n) is 12.6. The van der Waals surface area contributed by atoms with Crippen LogP contribution in [0.15, 0.2) is 15.5 Å². The number of nitrogens with zero attached hydrogens (tertiary/aromatic N) is 2. The fourth-order valence-electron chi connectivity index (χ4n) is 2.36. The maximum absolute atomic E-state index is 12.6. The van der Waals surface area contributed by atoms with Crippen LogP contribution in [-0.4, -0.2) is 15.3 Å². The first kappa shape index (κ1) is 15.5. The number of hydrogen-bond donors (Lipinski definition) is 1. The van der Waals surface area contributed by atoms with E-state index in [0.717, 1.165) is 23.9 Å². The molecule has 1 heterocycles. The van der Waals surface area contributed by atoms with E-state index in [-0.39, 0.29) is 11.1 Å². The van der Waals surface area contributed by atoms with Gasteiger partial charge >= 0.3 is 0 Å². The summed E-state index contributed by atoms with van der Waals surface area (Å²) >= 11 is 3.45. The van der Waals surface area contributed by atoms with Gasteiger partial charge in [0.05, 0.1) is 10.7 Å². The molecule has 0 amide bonds. The number of rotatable bonds is 6. The van der Waals surface area contributed by atoms with Gasteiger partial charge in [0.1, 0.15) is 5.69 Å². The smallest absolute Gasteiger partial charge is 0.291 e. The van der Waals surface area contributed by atoms with Crippen molar-refractivity contribution in [1.82, 2.24) is 9.78 Å². The van der Waals surface area contributed by atoms with E-state index in [9.17, 15) is 4.79 Å². The predicted octanol–water partition coefficient (Wildman–Crippen LogP) is 3.80. The van der Waals surface area contributed by atoms with Crippen LogP contribution < -0.4 is 10.9 Å². The minimum atomic E-state index is -0.0582. The topological polar surface area (TPSA) is 46.9 Å². The molecule has 0 radical (unpaired) electrons. The van der Waals surface area contributed by atoms with Crippen molar-refractivity contribution in [3.8, 4) is 0 Å². The van der Waals surface area contributed by atoms with Crippen molar-refractivity contribution in [3.05, 3.63) is 21.0 Å². The Balaban J connectivity index is 2.27. The molecule has 0 aromatic carbocycles. The molecule has 1 aliphatic carbocycles. The van der Waals surface area contributed by atoms with Crippen LogP contribution in [-0.2, 0) is 6.54 Å². The normalized spacial score (nSPS) is 16.0. The fraction of sp³-hybridized carbons (Fsp3) is 0.733. The predicted molar refractivity (Wildman–Crippen MR) is 86.1 cm³/mol. The lowest BCUT2D eigenvalue weighted by Crippen LogP contribution is -2.38. The van der Waals surface area contributed by atoms with Gasteiger partial charge in [-0.1, -0.05) is 20.3 Å². The summed E-state index contributed by atoms with van der Waals surface area (Å²) in [5.41, 5.74) is 0.571. The highest BCUT2D eigenvalue weighted by atomic mass is 79.9. The summed E-state index contributed by atoms with van der Waals surface area (Å²) in [6.07, 6.45) is 7.39. The average Bonchev–Trinajstić information content (AvgIpc) is 2.40. The first-order valence-electron chi connectivity index (χ1n) is 7.53. The van der Waals surface area contributed by atoms with Crippen LogP contribution in [0.4, 0.5) is 5.69 Å².